The summed E-state index contributed by atoms with van der Waals surface area (Å²) in [6.45, 7) is 2.67. The maximum atomic E-state index is 13.6. The van der Waals surface area contributed by atoms with E-state index in [1.165, 1.54) is 38.1 Å². The zero-order chi connectivity index (χ0) is 12.3. The molecule has 0 atom stereocenters. The van der Waals surface area contributed by atoms with Gasteiger partial charge in [-0.15, -0.1) is 0 Å². The predicted molar refractivity (Wildman–Crippen MR) is 61.1 cm³/mol. The van der Waals surface area contributed by atoms with E-state index in [1.54, 1.807) is 0 Å². The lowest BCUT2D eigenvalue weighted by molar-refractivity contribution is -0.112. The van der Waals surface area contributed by atoms with Crippen molar-refractivity contribution >= 4 is 29.2 Å². The van der Waals surface area contributed by atoms with Crippen molar-refractivity contribution in [3.63, 3.8) is 0 Å². The van der Waals surface area contributed by atoms with Crippen molar-refractivity contribution in [3.8, 4) is 0 Å². The summed E-state index contributed by atoms with van der Waals surface area (Å²) < 4.78 is 13.6. The van der Waals surface area contributed by atoms with Gasteiger partial charge in [0.2, 0.25) is 0 Å². The molecule has 0 aliphatic heterocycles. The van der Waals surface area contributed by atoms with Gasteiger partial charge in [-0.3, -0.25) is 9.59 Å². The van der Waals surface area contributed by atoms with Crippen molar-refractivity contribution in [1.82, 2.24) is 0 Å². The number of rotatable bonds is 3. The average molecular weight is 241 g/mol. The molecule has 0 fully saturated rings. The molecule has 2 nitrogen and oxygen atoms in total. The molecule has 0 amide bonds. The summed E-state index contributed by atoms with van der Waals surface area (Å²) in [5.41, 5.74) is 0.259. The highest BCUT2D eigenvalue weighted by molar-refractivity contribution is 6.31. The number of benzene rings is 1. The Morgan fingerprint density at radius 3 is 2.44 bits per heavy atom. The second-order valence-corrected chi connectivity index (χ2v) is 3.73. The van der Waals surface area contributed by atoms with Gasteiger partial charge in [-0.1, -0.05) is 11.6 Å². The molecule has 4 heteroatoms. The van der Waals surface area contributed by atoms with Crippen molar-refractivity contribution < 1.29 is 14.0 Å². The van der Waals surface area contributed by atoms with Crippen LogP contribution in [0.15, 0.2) is 18.2 Å². The van der Waals surface area contributed by atoms with Crippen LogP contribution in [0.2, 0.25) is 5.02 Å². The highest BCUT2D eigenvalue weighted by atomic mass is 35.5. The van der Waals surface area contributed by atoms with Gasteiger partial charge in [0.15, 0.2) is 11.6 Å². The second-order valence-electron chi connectivity index (χ2n) is 3.32. The molecule has 0 aliphatic rings. The summed E-state index contributed by atoms with van der Waals surface area (Å²) in [6, 6.07) is 2.76. The van der Waals surface area contributed by atoms with Gasteiger partial charge in [-0.05, 0) is 38.1 Å². The van der Waals surface area contributed by atoms with Gasteiger partial charge in [0.25, 0.3) is 0 Å². The quantitative estimate of drug-likeness (QED) is 0.600. The monoisotopic (exact) mass is 240 g/mol. The first-order valence-corrected chi connectivity index (χ1v) is 4.99. The van der Waals surface area contributed by atoms with Crippen LogP contribution in [0.5, 0.6) is 0 Å². The van der Waals surface area contributed by atoms with Gasteiger partial charge >= 0.3 is 0 Å². The third kappa shape index (κ3) is 2.76. The maximum Gasteiger partial charge on any atom is 0.160 e. The first-order chi connectivity index (χ1) is 7.43. The van der Waals surface area contributed by atoms with Gasteiger partial charge in [-0.2, -0.15) is 0 Å². The molecule has 0 aliphatic carbocycles. The zero-order valence-corrected chi connectivity index (χ0v) is 9.64. The predicted octanol–water partition coefficient (Wildman–Crippen LogP) is 3.28. The highest BCUT2D eigenvalue weighted by Gasteiger charge is 2.12. The van der Waals surface area contributed by atoms with Crippen LogP contribution in [0.1, 0.15) is 29.8 Å². The first kappa shape index (κ1) is 12.6. The summed E-state index contributed by atoms with van der Waals surface area (Å²) >= 11 is 5.60. The van der Waals surface area contributed by atoms with Crippen LogP contribution in [-0.2, 0) is 4.79 Å². The molecule has 1 aromatic carbocycles. The van der Waals surface area contributed by atoms with E-state index in [9.17, 15) is 14.0 Å². The number of hydrogen-bond donors (Lipinski definition) is 0. The molecule has 1 aromatic rings. The van der Waals surface area contributed by atoms with E-state index in [1.807, 2.05) is 0 Å². The molecular formula is C12H10ClFO2. The van der Waals surface area contributed by atoms with Gasteiger partial charge in [0.1, 0.15) is 5.82 Å². The molecule has 1 rings (SSSR count). The van der Waals surface area contributed by atoms with Crippen molar-refractivity contribution in [3.05, 3.63) is 40.2 Å². The summed E-state index contributed by atoms with van der Waals surface area (Å²) in [5.74, 6) is -1.19. The summed E-state index contributed by atoms with van der Waals surface area (Å²) in [5, 5.41) is -0.0757. The molecule has 0 radical (unpaired) electrons. The maximum absolute atomic E-state index is 13.6. The van der Waals surface area contributed by atoms with Gasteiger partial charge in [0.05, 0.1) is 5.02 Å². The molecule has 0 unspecified atom stereocenters. The van der Waals surface area contributed by atoms with Crippen LogP contribution in [0.4, 0.5) is 4.39 Å². The van der Waals surface area contributed by atoms with Crippen LogP contribution in [-0.4, -0.2) is 11.6 Å². The minimum absolute atomic E-state index is 0.0511. The fraction of sp³-hybridized carbons (Fsp3) is 0.167. The normalized spacial score (nSPS) is 10.8. The summed E-state index contributed by atoms with van der Waals surface area (Å²) in [7, 11) is 0. The van der Waals surface area contributed by atoms with Crippen LogP contribution in [0, 0.1) is 5.82 Å². The van der Waals surface area contributed by atoms with Gasteiger partial charge in [-0.25, -0.2) is 4.39 Å². The Morgan fingerprint density at radius 2 is 1.94 bits per heavy atom. The minimum Gasteiger partial charge on any atom is -0.295 e. The fourth-order valence-corrected chi connectivity index (χ4v) is 1.40. The van der Waals surface area contributed by atoms with Crippen molar-refractivity contribution in [2.75, 3.05) is 0 Å². The molecule has 0 spiro atoms. The molecule has 84 valence electrons. The molecule has 0 heterocycles. The van der Waals surface area contributed by atoms with E-state index in [-0.39, 0.29) is 27.7 Å². The van der Waals surface area contributed by atoms with Gasteiger partial charge < -0.3 is 0 Å². The molecule has 0 aromatic heterocycles. The SMILES string of the molecule is CC(=O)/C=C/c1c(C(C)=O)ccc(Cl)c1F. The Balaban J connectivity index is 3.37. The first-order valence-electron chi connectivity index (χ1n) is 4.61. The second kappa shape index (κ2) is 5.03. The molecule has 0 saturated heterocycles. The van der Waals surface area contributed by atoms with E-state index in [2.05, 4.69) is 0 Å². The lowest BCUT2D eigenvalue weighted by atomic mass is 10.0. The highest BCUT2D eigenvalue weighted by Crippen LogP contribution is 2.23. The number of allylic oxidation sites excluding steroid dienone is 1. The Bertz CT molecular complexity index is 478. The van der Waals surface area contributed by atoms with E-state index in [4.69, 9.17) is 11.6 Å². The van der Waals surface area contributed by atoms with E-state index in [0.29, 0.717) is 0 Å². The molecular weight excluding hydrogens is 231 g/mol. The minimum atomic E-state index is -0.688. The third-order valence-corrected chi connectivity index (χ3v) is 2.29. The average Bonchev–Trinajstić information content (AvgIpc) is 2.19. The number of carbonyl (C=O) groups is 2. The number of Topliss-reactive ketones (excluding diaryl/α,β-unsaturated/α-hetero) is 1. The van der Waals surface area contributed by atoms with Crippen molar-refractivity contribution in [2.45, 2.75) is 13.8 Å². The third-order valence-electron chi connectivity index (χ3n) is 2.00. The Kier molecular flexibility index (Phi) is 3.96. The zero-order valence-electron chi connectivity index (χ0n) is 8.88. The van der Waals surface area contributed by atoms with Crippen LogP contribution < -0.4 is 0 Å². The van der Waals surface area contributed by atoms with Crippen LogP contribution in [0.25, 0.3) is 6.08 Å². The lowest BCUT2D eigenvalue weighted by Crippen LogP contribution is -1.99. The summed E-state index contributed by atoms with van der Waals surface area (Å²) in [4.78, 5) is 22.0. The van der Waals surface area contributed by atoms with E-state index >= 15 is 0 Å². The Hall–Kier alpha value is -1.48. The Morgan fingerprint density at radius 1 is 1.31 bits per heavy atom. The van der Waals surface area contributed by atoms with E-state index in [0.717, 1.165) is 0 Å². The number of hydrogen-bond acceptors (Lipinski definition) is 2. The fourth-order valence-electron chi connectivity index (χ4n) is 1.24. The Labute approximate surface area is 97.7 Å². The van der Waals surface area contributed by atoms with E-state index < -0.39 is 5.82 Å². The number of carbonyl (C=O) groups excluding carboxylic acids is 2. The lowest BCUT2D eigenvalue weighted by Gasteiger charge is -2.05. The van der Waals surface area contributed by atoms with Crippen LogP contribution >= 0.6 is 11.6 Å². The molecule has 16 heavy (non-hydrogen) atoms. The standard InChI is InChI=1S/C12H10ClFO2/c1-7(15)3-4-10-9(8(2)16)5-6-11(13)12(10)14/h3-6H,1-2H3/b4-3+. The largest absolute Gasteiger partial charge is 0.295 e. The molecule has 0 N–H and O–H groups in total. The van der Waals surface area contributed by atoms with Gasteiger partial charge in [0, 0.05) is 11.1 Å². The van der Waals surface area contributed by atoms with Crippen LogP contribution in [0.3, 0.4) is 0 Å². The molecule has 0 bridgehead atoms. The smallest absolute Gasteiger partial charge is 0.160 e. The van der Waals surface area contributed by atoms with Crippen molar-refractivity contribution in [1.29, 1.82) is 0 Å². The topological polar surface area (TPSA) is 34.1 Å². The summed E-state index contributed by atoms with van der Waals surface area (Å²) in [6.07, 6.45) is 2.46. The number of halogens is 2. The number of ketones is 2. The van der Waals surface area contributed by atoms with Crippen molar-refractivity contribution in [2.24, 2.45) is 0 Å². The molecule has 0 saturated carbocycles.